The lowest BCUT2D eigenvalue weighted by atomic mass is 9.89. The second-order valence-electron chi connectivity index (χ2n) is 10.3. The predicted molar refractivity (Wildman–Crippen MR) is 143 cm³/mol. The minimum Gasteiger partial charge on any atom is -0.487 e. The molecule has 1 unspecified atom stereocenters. The van der Waals surface area contributed by atoms with Crippen LogP contribution < -0.4 is 14.4 Å². The summed E-state index contributed by atoms with van der Waals surface area (Å²) in [6.45, 7) is 9.79. The molecule has 36 heavy (non-hydrogen) atoms. The van der Waals surface area contributed by atoms with Gasteiger partial charge in [0.2, 0.25) is 5.91 Å². The van der Waals surface area contributed by atoms with Gasteiger partial charge in [0.1, 0.15) is 17.9 Å². The largest absolute Gasteiger partial charge is 0.487 e. The third kappa shape index (κ3) is 5.57. The van der Waals surface area contributed by atoms with Gasteiger partial charge in [-0.2, -0.15) is 0 Å². The standard InChI is InChI=1S/C29H34N2O4S/c1-20(2)22-12-14-23(15-13-22)31(36(33,34)24-9-7-6-8-10-24)19-28(32)30-26-18-29(4,5)35-27-17-21(3)11-16-25(26)27/h6-17,20,26H,18-19H2,1-5H3,(H,30,32). The number of benzene rings is 3. The van der Waals surface area contributed by atoms with Crippen molar-refractivity contribution >= 4 is 21.6 Å². The monoisotopic (exact) mass is 506 g/mol. The maximum atomic E-state index is 13.6. The van der Waals surface area contributed by atoms with Crippen molar-refractivity contribution < 1.29 is 17.9 Å². The first-order valence-electron chi connectivity index (χ1n) is 12.2. The van der Waals surface area contributed by atoms with Crippen molar-refractivity contribution in [3.05, 3.63) is 89.5 Å². The first kappa shape index (κ1) is 25.8. The fourth-order valence-corrected chi connectivity index (χ4v) is 5.96. The maximum absolute atomic E-state index is 13.6. The molecular formula is C29H34N2O4S. The number of nitrogens with one attached hydrogen (secondary N) is 1. The molecule has 0 spiro atoms. The van der Waals surface area contributed by atoms with Gasteiger partial charge in [-0.15, -0.1) is 0 Å². The van der Waals surface area contributed by atoms with Crippen molar-refractivity contribution in [1.82, 2.24) is 5.32 Å². The molecule has 1 heterocycles. The third-order valence-corrected chi connectivity index (χ3v) is 8.22. The summed E-state index contributed by atoms with van der Waals surface area (Å²) in [6, 6.07) is 21.2. The zero-order valence-electron chi connectivity index (χ0n) is 21.5. The molecule has 1 amide bonds. The minimum absolute atomic E-state index is 0.138. The number of carbonyl (C=O) groups is 1. The molecule has 0 radical (unpaired) electrons. The van der Waals surface area contributed by atoms with Gasteiger partial charge in [-0.1, -0.05) is 56.3 Å². The molecule has 0 fully saturated rings. The summed E-state index contributed by atoms with van der Waals surface area (Å²) in [4.78, 5) is 13.5. The van der Waals surface area contributed by atoms with Gasteiger partial charge in [-0.05, 0) is 68.1 Å². The van der Waals surface area contributed by atoms with E-state index in [1.54, 1.807) is 42.5 Å². The van der Waals surface area contributed by atoms with E-state index in [0.29, 0.717) is 18.0 Å². The smallest absolute Gasteiger partial charge is 0.264 e. The van der Waals surface area contributed by atoms with E-state index in [2.05, 4.69) is 19.2 Å². The molecule has 3 aromatic carbocycles. The zero-order chi connectivity index (χ0) is 26.1. The zero-order valence-corrected chi connectivity index (χ0v) is 22.3. The molecule has 0 saturated carbocycles. The van der Waals surface area contributed by atoms with E-state index in [4.69, 9.17) is 4.74 Å². The number of sulfonamides is 1. The Hall–Kier alpha value is -3.32. The first-order chi connectivity index (χ1) is 17.0. The number of carbonyl (C=O) groups excluding carboxylic acids is 1. The van der Waals surface area contributed by atoms with Crippen molar-refractivity contribution in [2.75, 3.05) is 10.8 Å². The van der Waals surface area contributed by atoms with Gasteiger partial charge < -0.3 is 10.1 Å². The van der Waals surface area contributed by atoms with Gasteiger partial charge in [-0.25, -0.2) is 8.42 Å². The Kier molecular flexibility index (Phi) is 7.14. The molecule has 6 nitrogen and oxygen atoms in total. The summed E-state index contributed by atoms with van der Waals surface area (Å²) in [5.41, 5.74) is 3.04. The molecule has 1 aliphatic heterocycles. The van der Waals surface area contributed by atoms with Crippen LogP contribution in [0.5, 0.6) is 5.75 Å². The molecule has 0 saturated heterocycles. The molecule has 1 atom stereocenters. The van der Waals surface area contributed by atoms with Crippen LogP contribution in [0, 0.1) is 6.92 Å². The van der Waals surface area contributed by atoms with Gasteiger partial charge in [0.05, 0.1) is 16.6 Å². The van der Waals surface area contributed by atoms with Crippen LogP contribution in [0.1, 0.15) is 62.8 Å². The molecule has 0 aliphatic carbocycles. The quantitative estimate of drug-likeness (QED) is 0.444. The number of fused-ring (bicyclic) bond motifs is 1. The van der Waals surface area contributed by atoms with Crippen molar-refractivity contribution in [3.63, 3.8) is 0 Å². The molecule has 0 aromatic heterocycles. The average molecular weight is 507 g/mol. The highest BCUT2D eigenvalue weighted by atomic mass is 32.2. The van der Waals surface area contributed by atoms with E-state index in [1.165, 1.54) is 4.31 Å². The molecule has 1 aliphatic rings. The van der Waals surface area contributed by atoms with Crippen molar-refractivity contribution in [3.8, 4) is 5.75 Å². The normalized spacial score (nSPS) is 16.7. The van der Waals surface area contributed by atoms with Gasteiger partial charge in [0, 0.05) is 12.0 Å². The molecule has 1 N–H and O–H groups in total. The summed E-state index contributed by atoms with van der Waals surface area (Å²) in [6.07, 6.45) is 0.573. The number of hydrogen-bond acceptors (Lipinski definition) is 4. The number of aryl methyl sites for hydroxylation is 1. The predicted octanol–water partition coefficient (Wildman–Crippen LogP) is 5.73. The SMILES string of the molecule is Cc1ccc2c(c1)OC(C)(C)CC2NC(=O)CN(c1ccc(C(C)C)cc1)S(=O)(=O)c1ccccc1. The van der Waals surface area contributed by atoms with Crippen molar-refractivity contribution in [1.29, 1.82) is 0 Å². The Bertz CT molecular complexity index is 1330. The summed E-state index contributed by atoms with van der Waals surface area (Å²) in [5.74, 6) is 0.674. The second-order valence-corrected chi connectivity index (χ2v) is 12.2. The Labute approximate surface area is 214 Å². The number of hydrogen-bond donors (Lipinski definition) is 1. The van der Waals surface area contributed by atoms with E-state index in [1.807, 2.05) is 51.1 Å². The molecule has 4 rings (SSSR count). The van der Waals surface area contributed by atoms with Crippen LogP contribution in [-0.4, -0.2) is 26.5 Å². The molecular weight excluding hydrogens is 472 g/mol. The topological polar surface area (TPSA) is 75.7 Å². The van der Waals surface area contributed by atoms with Crippen molar-refractivity contribution in [2.24, 2.45) is 0 Å². The number of ether oxygens (including phenoxy) is 1. The second kappa shape index (κ2) is 9.97. The van der Waals surface area contributed by atoms with Gasteiger partial charge in [0.25, 0.3) is 10.0 Å². The lowest BCUT2D eigenvalue weighted by Crippen LogP contribution is -2.45. The Morgan fingerprint density at radius 2 is 1.72 bits per heavy atom. The fourth-order valence-electron chi connectivity index (χ4n) is 4.52. The molecule has 7 heteroatoms. The Balaban J connectivity index is 1.65. The average Bonchev–Trinajstić information content (AvgIpc) is 2.82. The van der Waals surface area contributed by atoms with Crippen LogP contribution in [-0.2, 0) is 14.8 Å². The van der Waals surface area contributed by atoms with Gasteiger partial charge >= 0.3 is 0 Å². The molecule has 190 valence electrons. The van der Waals surface area contributed by atoms with Crippen LogP contribution in [0.3, 0.4) is 0 Å². The summed E-state index contributed by atoms with van der Waals surface area (Å²) >= 11 is 0. The minimum atomic E-state index is -3.96. The number of amides is 1. The van der Waals surface area contributed by atoms with Crippen LogP contribution >= 0.6 is 0 Å². The highest BCUT2D eigenvalue weighted by Gasteiger charge is 2.35. The maximum Gasteiger partial charge on any atom is 0.264 e. The molecule has 3 aromatic rings. The highest BCUT2D eigenvalue weighted by molar-refractivity contribution is 7.92. The highest BCUT2D eigenvalue weighted by Crippen LogP contribution is 2.40. The van der Waals surface area contributed by atoms with Crippen LogP contribution in [0.2, 0.25) is 0 Å². The number of anilines is 1. The van der Waals surface area contributed by atoms with Gasteiger partial charge in [0.15, 0.2) is 0 Å². The van der Waals surface area contributed by atoms with Crippen LogP contribution in [0.15, 0.2) is 77.7 Å². The first-order valence-corrected chi connectivity index (χ1v) is 13.7. The lowest BCUT2D eigenvalue weighted by molar-refractivity contribution is -0.120. The Morgan fingerprint density at radius 1 is 1.06 bits per heavy atom. The van der Waals surface area contributed by atoms with Crippen LogP contribution in [0.4, 0.5) is 5.69 Å². The number of nitrogens with zero attached hydrogens (tertiary/aromatic N) is 1. The summed E-state index contributed by atoms with van der Waals surface area (Å²) < 4.78 is 34.6. The molecule has 0 bridgehead atoms. The van der Waals surface area contributed by atoms with Crippen molar-refractivity contribution in [2.45, 2.75) is 63.5 Å². The van der Waals surface area contributed by atoms with E-state index < -0.39 is 15.6 Å². The number of rotatable bonds is 7. The summed E-state index contributed by atoms with van der Waals surface area (Å²) in [7, 11) is -3.96. The Morgan fingerprint density at radius 3 is 2.36 bits per heavy atom. The van der Waals surface area contributed by atoms with E-state index in [9.17, 15) is 13.2 Å². The third-order valence-electron chi connectivity index (χ3n) is 6.43. The van der Waals surface area contributed by atoms with Gasteiger partial charge in [-0.3, -0.25) is 9.10 Å². The van der Waals surface area contributed by atoms with Crippen LogP contribution in [0.25, 0.3) is 0 Å². The lowest BCUT2D eigenvalue weighted by Gasteiger charge is -2.38. The van der Waals surface area contributed by atoms with E-state index >= 15 is 0 Å². The van der Waals surface area contributed by atoms with E-state index in [-0.39, 0.29) is 23.4 Å². The fraction of sp³-hybridized carbons (Fsp3) is 0.345. The summed E-state index contributed by atoms with van der Waals surface area (Å²) in [5, 5.41) is 3.08. The van der Waals surface area contributed by atoms with E-state index in [0.717, 1.165) is 22.4 Å².